The molecule has 0 bridgehead atoms. The molecular weight excluding hydrogens is 278 g/mol. The minimum absolute atomic E-state index is 0.0847. The first-order valence-electron chi connectivity index (χ1n) is 8.03. The number of hydrogen-bond donors (Lipinski definition) is 1. The molecule has 1 aliphatic heterocycles. The molecule has 0 aromatic heterocycles. The first kappa shape index (κ1) is 15.1. The Labute approximate surface area is 131 Å². The third-order valence-corrected chi connectivity index (χ3v) is 5.63. The number of likely N-dealkylation sites (tertiary alicyclic amines) is 1. The molecule has 2 aliphatic rings. The van der Waals surface area contributed by atoms with E-state index in [2.05, 4.69) is 13.8 Å². The number of aliphatic carboxylic acids is 1. The molecule has 1 N–H and O–H groups in total. The molecule has 1 heterocycles. The number of carboxylic acid groups (broad SMARTS) is 1. The Morgan fingerprint density at radius 2 is 1.95 bits per heavy atom. The third-order valence-electron chi connectivity index (χ3n) is 5.63. The standard InChI is InChI=1S/C18H23NO3/c1-3-18(2)9-15(18)16(20)19-10-13(14(11-19)17(21)22)12-7-5-4-6-8-12/h4-8,13-15H,3,9-11H2,1-2H3,(H,21,22)/t13-,14-,15?,18?/m0/s1. The Morgan fingerprint density at radius 1 is 1.27 bits per heavy atom. The Hall–Kier alpha value is -1.84. The van der Waals surface area contributed by atoms with Crippen molar-refractivity contribution in [2.24, 2.45) is 17.3 Å². The van der Waals surface area contributed by atoms with Crippen LogP contribution in [0, 0.1) is 17.3 Å². The first-order valence-corrected chi connectivity index (χ1v) is 8.03. The van der Waals surface area contributed by atoms with Gasteiger partial charge >= 0.3 is 5.97 Å². The minimum Gasteiger partial charge on any atom is -0.481 e. The summed E-state index contributed by atoms with van der Waals surface area (Å²) in [5.41, 5.74) is 1.14. The predicted octanol–water partition coefficient (Wildman–Crippen LogP) is 2.75. The van der Waals surface area contributed by atoms with E-state index < -0.39 is 11.9 Å². The molecule has 4 heteroatoms. The van der Waals surface area contributed by atoms with Crippen LogP contribution in [0.4, 0.5) is 0 Å². The van der Waals surface area contributed by atoms with Crippen LogP contribution in [0.3, 0.4) is 0 Å². The molecule has 0 radical (unpaired) electrons. The van der Waals surface area contributed by atoms with Crippen molar-refractivity contribution in [1.82, 2.24) is 4.90 Å². The molecule has 22 heavy (non-hydrogen) atoms. The summed E-state index contributed by atoms with van der Waals surface area (Å²) >= 11 is 0. The summed E-state index contributed by atoms with van der Waals surface area (Å²) in [5, 5.41) is 9.51. The maximum Gasteiger partial charge on any atom is 0.308 e. The number of nitrogens with zero attached hydrogens (tertiary/aromatic N) is 1. The van der Waals surface area contributed by atoms with Gasteiger partial charge in [0.25, 0.3) is 0 Å². The van der Waals surface area contributed by atoms with Gasteiger partial charge in [-0.1, -0.05) is 44.2 Å². The van der Waals surface area contributed by atoms with Crippen LogP contribution < -0.4 is 0 Å². The lowest BCUT2D eigenvalue weighted by Gasteiger charge is -2.18. The molecule has 4 nitrogen and oxygen atoms in total. The molecule has 4 atom stereocenters. The van der Waals surface area contributed by atoms with Gasteiger partial charge in [0, 0.05) is 24.9 Å². The molecule has 1 saturated carbocycles. The fraction of sp³-hybridized carbons (Fsp3) is 0.556. The van der Waals surface area contributed by atoms with E-state index >= 15 is 0 Å². The number of carbonyl (C=O) groups excluding carboxylic acids is 1. The fourth-order valence-electron chi connectivity index (χ4n) is 3.68. The monoisotopic (exact) mass is 301 g/mol. The Bertz CT molecular complexity index is 585. The summed E-state index contributed by atoms with van der Waals surface area (Å²) in [5.74, 6) is -1.18. The highest BCUT2D eigenvalue weighted by atomic mass is 16.4. The van der Waals surface area contributed by atoms with E-state index in [0.717, 1.165) is 18.4 Å². The number of carbonyl (C=O) groups is 2. The highest BCUT2D eigenvalue weighted by Gasteiger charge is 2.55. The number of hydrogen-bond acceptors (Lipinski definition) is 2. The summed E-state index contributed by atoms with van der Waals surface area (Å²) < 4.78 is 0. The number of carboxylic acids is 1. The quantitative estimate of drug-likeness (QED) is 0.930. The zero-order valence-corrected chi connectivity index (χ0v) is 13.2. The summed E-state index contributed by atoms with van der Waals surface area (Å²) in [6.45, 7) is 5.12. The highest BCUT2D eigenvalue weighted by molar-refractivity contribution is 5.84. The molecule has 118 valence electrons. The first-order chi connectivity index (χ1) is 10.5. The van der Waals surface area contributed by atoms with Crippen LogP contribution in [0.5, 0.6) is 0 Å². The van der Waals surface area contributed by atoms with Crippen LogP contribution in [-0.4, -0.2) is 35.0 Å². The number of benzene rings is 1. The molecule has 2 fully saturated rings. The van der Waals surface area contributed by atoms with Crippen molar-refractivity contribution < 1.29 is 14.7 Å². The predicted molar refractivity (Wildman–Crippen MR) is 83.4 cm³/mol. The maximum absolute atomic E-state index is 12.7. The molecule has 1 aromatic carbocycles. The largest absolute Gasteiger partial charge is 0.481 e. The third kappa shape index (κ3) is 2.51. The molecule has 3 rings (SSSR count). The van der Waals surface area contributed by atoms with Crippen molar-refractivity contribution in [3.05, 3.63) is 35.9 Å². The number of amides is 1. The van der Waals surface area contributed by atoms with Crippen LogP contribution in [0.15, 0.2) is 30.3 Å². The summed E-state index contributed by atoms with van der Waals surface area (Å²) in [6, 6.07) is 9.69. The van der Waals surface area contributed by atoms with E-state index in [1.54, 1.807) is 4.90 Å². The molecule has 1 aliphatic carbocycles. The lowest BCUT2D eigenvalue weighted by Crippen LogP contribution is -2.32. The second-order valence-corrected chi connectivity index (χ2v) is 6.97. The van der Waals surface area contributed by atoms with E-state index in [9.17, 15) is 14.7 Å². The van der Waals surface area contributed by atoms with E-state index in [0.29, 0.717) is 13.1 Å². The van der Waals surface area contributed by atoms with Gasteiger partial charge in [0.05, 0.1) is 5.92 Å². The van der Waals surface area contributed by atoms with E-state index in [-0.39, 0.29) is 23.2 Å². The smallest absolute Gasteiger partial charge is 0.308 e. The summed E-state index contributed by atoms with van der Waals surface area (Å²) in [7, 11) is 0. The van der Waals surface area contributed by atoms with Crippen molar-refractivity contribution in [2.75, 3.05) is 13.1 Å². The van der Waals surface area contributed by atoms with Gasteiger partial charge in [-0.15, -0.1) is 0 Å². The van der Waals surface area contributed by atoms with Gasteiger partial charge in [-0.25, -0.2) is 0 Å². The van der Waals surface area contributed by atoms with Crippen LogP contribution in [0.1, 0.15) is 38.2 Å². The SMILES string of the molecule is CCC1(C)CC1C(=O)N1C[C@H](C(=O)O)[C@H](c2ccccc2)C1. The van der Waals surface area contributed by atoms with Gasteiger partial charge < -0.3 is 10.0 Å². The molecular formula is C18H23NO3. The summed E-state index contributed by atoms with van der Waals surface area (Å²) in [6.07, 6.45) is 1.94. The van der Waals surface area contributed by atoms with Crippen molar-refractivity contribution in [2.45, 2.75) is 32.6 Å². The van der Waals surface area contributed by atoms with Gasteiger partial charge in [0.1, 0.15) is 0 Å². The van der Waals surface area contributed by atoms with Crippen LogP contribution >= 0.6 is 0 Å². The van der Waals surface area contributed by atoms with E-state index in [1.165, 1.54) is 0 Å². The minimum atomic E-state index is -0.807. The molecule has 1 amide bonds. The topological polar surface area (TPSA) is 57.6 Å². The van der Waals surface area contributed by atoms with Gasteiger partial charge in [0.15, 0.2) is 0 Å². The zero-order chi connectivity index (χ0) is 15.9. The van der Waals surface area contributed by atoms with E-state index in [4.69, 9.17) is 0 Å². The summed E-state index contributed by atoms with van der Waals surface area (Å²) in [4.78, 5) is 26.0. The Morgan fingerprint density at radius 3 is 2.50 bits per heavy atom. The average molecular weight is 301 g/mol. The van der Waals surface area contributed by atoms with Gasteiger partial charge in [-0.3, -0.25) is 9.59 Å². The van der Waals surface area contributed by atoms with E-state index in [1.807, 2.05) is 30.3 Å². The highest BCUT2D eigenvalue weighted by Crippen LogP contribution is 2.56. The van der Waals surface area contributed by atoms with Crippen molar-refractivity contribution in [3.8, 4) is 0 Å². The molecule has 2 unspecified atom stereocenters. The van der Waals surface area contributed by atoms with Crippen LogP contribution in [0.25, 0.3) is 0 Å². The van der Waals surface area contributed by atoms with Crippen LogP contribution in [-0.2, 0) is 9.59 Å². The molecule has 1 aromatic rings. The van der Waals surface area contributed by atoms with Gasteiger partial charge in [-0.05, 0) is 23.8 Å². The lowest BCUT2D eigenvalue weighted by atomic mass is 9.89. The Balaban J connectivity index is 1.77. The molecule has 0 spiro atoms. The second kappa shape index (κ2) is 5.41. The normalized spacial score (nSPS) is 33.7. The van der Waals surface area contributed by atoms with Crippen LogP contribution in [0.2, 0.25) is 0 Å². The van der Waals surface area contributed by atoms with Crippen molar-refractivity contribution in [1.29, 1.82) is 0 Å². The maximum atomic E-state index is 12.7. The molecule has 1 saturated heterocycles. The van der Waals surface area contributed by atoms with Gasteiger partial charge in [0.2, 0.25) is 5.91 Å². The average Bonchev–Trinajstić information content (AvgIpc) is 3.01. The second-order valence-electron chi connectivity index (χ2n) is 6.97. The van der Waals surface area contributed by atoms with Gasteiger partial charge in [-0.2, -0.15) is 0 Å². The fourth-order valence-corrected chi connectivity index (χ4v) is 3.68. The zero-order valence-electron chi connectivity index (χ0n) is 13.2. The van der Waals surface area contributed by atoms with Crippen molar-refractivity contribution in [3.63, 3.8) is 0 Å². The Kier molecular flexibility index (Phi) is 3.71. The van der Waals surface area contributed by atoms with Crippen molar-refractivity contribution >= 4 is 11.9 Å². The lowest BCUT2D eigenvalue weighted by molar-refractivity contribution is -0.142. The number of rotatable bonds is 4.